The maximum atomic E-state index is 10.7. The lowest BCUT2D eigenvalue weighted by Gasteiger charge is -2.24. The van der Waals surface area contributed by atoms with Crippen LogP contribution in [0.3, 0.4) is 0 Å². The summed E-state index contributed by atoms with van der Waals surface area (Å²) in [6.07, 6.45) is 0.153. The fraction of sp³-hybridized carbons (Fsp3) is 0.316. The number of methoxy groups -OCH3 is 1. The van der Waals surface area contributed by atoms with Gasteiger partial charge in [-0.3, -0.25) is 9.69 Å². The quantitative estimate of drug-likeness (QED) is 0.844. The Bertz CT molecular complexity index is 652. The Balaban J connectivity index is 2.14. The molecule has 0 heterocycles. The smallest absolute Gasteiger partial charge is 0.304 e. The highest BCUT2D eigenvalue weighted by atomic mass is 16.5. The van der Waals surface area contributed by atoms with Crippen LogP contribution < -0.4 is 4.74 Å². The van der Waals surface area contributed by atoms with Crippen LogP contribution in [0.25, 0.3) is 11.1 Å². The average Bonchev–Trinajstić information content (AvgIpc) is 2.59. The Morgan fingerprint density at radius 2 is 1.83 bits per heavy atom. The van der Waals surface area contributed by atoms with E-state index in [0.29, 0.717) is 6.54 Å². The second-order valence-corrected chi connectivity index (χ2v) is 5.62. The van der Waals surface area contributed by atoms with E-state index in [1.165, 1.54) is 0 Å². The molecular formula is C19H23NO3. The topological polar surface area (TPSA) is 49.8 Å². The number of carbonyl (C=O) groups is 1. The first kappa shape index (κ1) is 17.0. The molecule has 0 aliphatic heterocycles. The van der Waals surface area contributed by atoms with Crippen molar-refractivity contribution >= 4 is 5.97 Å². The second-order valence-electron chi connectivity index (χ2n) is 5.62. The summed E-state index contributed by atoms with van der Waals surface area (Å²) in [5, 5.41) is 8.79. The fourth-order valence-corrected chi connectivity index (χ4v) is 2.54. The van der Waals surface area contributed by atoms with E-state index in [4.69, 9.17) is 9.84 Å². The first-order valence-corrected chi connectivity index (χ1v) is 7.68. The van der Waals surface area contributed by atoms with Gasteiger partial charge in [-0.25, -0.2) is 0 Å². The van der Waals surface area contributed by atoms with Crippen molar-refractivity contribution in [3.63, 3.8) is 0 Å². The zero-order chi connectivity index (χ0) is 16.8. The van der Waals surface area contributed by atoms with Gasteiger partial charge in [0, 0.05) is 18.2 Å². The number of hydrogen-bond acceptors (Lipinski definition) is 3. The number of aliphatic carboxylic acids is 1. The van der Waals surface area contributed by atoms with E-state index in [9.17, 15) is 4.79 Å². The zero-order valence-corrected chi connectivity index (χ0v) is 13.8. The van der Waals surface area contributed by atoms with Gasteiger partial charge in [0.1, 0.15) is 5.75 Å². The van der Waals surface area contributed by atoms with Gasteiger partial charge in [-0.2, -0.15) is 0 Å². The Morgan fingerprint density at radius 1 is 1.17 bits per heavy atom. The maximum Gasteiger partial charge on any atom is 0.304 e. The van der Waals surface area contributed by atoms with E-state index in [1.807, 2.05) is 36.2 Å². The summed E-state index contributed by atoms with van der Waals surface area (Å²) in [6.45, 7) is 2.62. The minimum absolute atomic E-state index is 0.153. The molecule has 1 N–H and O–H groups in total. The molecule has 2 aromatic carbocycles. The van der Waals surface area contributed by atoms with E-state index in [2.05, 4.69) is 31.2 Å². The van der Waals surface area contributed by atoms with Gasteiger partial charge in [0.25, 0.3) is 0 Å². The Hall–Kier alpha value is -2.33. The highest BCUT2D eigenvalue weighted by Gasteiger charge is 2.13. The van der Waals surface area contributed by atoms with Crippen LogP contribution in [0.15, 0.2) is 48.5 Å². The van der Waals surface area contributed by atoms with Crippen molar-refractivity contribution in [1.29, 1.82) is 0 Å². The molecule has 1 unspecified atom stereocenters. The van der Waals surface area contributed by atoms with Crippen LogP contribution in [0.5, 0.6) is 5.75 Å². The van der Waals surface area contributed by atoms with Gasteiger partial charge in [-0.1, -0.05) is 42.5 Å². The molecule has 23 heavy (non-hydrogen) atoms. The summed E-state index contributed by atoms with van der Waals surface area (Å²) in [5.74, 6) is 0.0856. The fourth-order valence-electron chi connectivity index (χ4n) is 2.54. The number of nitrogens with zero attached hydrogens (tertiary/aromatic N) is 1. The summed E-state index contributed by atoms with van der Waals surface area (Å²) < 4.78 is 5.41. The highest BCUT2D eigenvalue weighted by molar-refractivity contribution is 5.70. The number of benzene rings is 2. The van der Waals surface area contributed by atoms with Crippen molar-refractivity contribution < 1.29 is 14.6 Å². The molecule has 4 nitrogen and oxygen atoms in total. The molecule has 0 fully saturated rings. The van der Waals surface area contributed by atoms with Crippen molar-refractivity contribution in [2.75, 3.05) is 20.7 Å². The molecule has 0 aliphatic carbocycles. The summed E-state index contributed by atoms with van der Waals surface area (Å²) in [5.41, 5.74) is 3.33. The molecule has 1 atom stereocenters. The average molecular weight is 313 g/mol. The van der Waals surface area contributed by atoms with Crippen molar-refractivity contribution in [3.8, 4) is 16.9 Å². The van der Waals surface area contributed by atoms with Crippen LogP contribution in [0.2, 0.25) is 0 Å². The van der Waals surface area contributed by atoms with Gasteiger partial charge in [-0.15, -0.1) is 0 Å². The molecule has 2 rings (SSSR count). The predicted octanol–water partition coefficient (Wildman–Crippen LogP) is 3.83. The number of para-hydroxylation sites is 1. The first-order valence-electron chi connectivity index (χ1n) is 7.68. The van der Waals surface area contributed by atoms with Gasteiger partial charge in [0.05, 0.1) is 13.5 Å². The van der Waals surface area contributed by atoms with Crippen LogP contribution in [0, 0.1) is 0 Å². The van der Waals surface area contributed by atoms with Crippen molar-refractivity contribution in [2.45, 2.75) is 19.4 Å². The van der Waals surface area contributed by atoms with Crippen LogP contribution in [-0.4, -0.2) is 36.7 Å². The van der Waals surface area contributed by atoms with E-state index in [-0.39, 0.29) is 12.5 Å². The normalized spacial score (nSPS) is 12.2. The van der Waals surface area contributed by atoms with Gasteiger partial charge >= 0.3 is 5.97 Å². The SMILES string of the molecule is COc1ccccc1-c1ccc(C(C)N(C)CCC(=O)O)cc1. The molecule has 0 spiro atoms. The van der Waals surface area contributed by atoms with Crippen LogP contribution in [0.4, 0.5) is 0 Å². The molecule has 0 amide bonds. The first-order chi connectivity index (χ1) is 11.0. The number of hydrogen-bond donors (Lipinski definition) is 1. The van der Waals surface area contributed by atoms with Crippen molar-refractivity contribution in [1.82, 2.24) is 4.90 Å². The third-order valence-corrected chi connectivity index (χ3v) is 4.15. The summed E-state index contributed by atoms with van der Waals surface area (Å²) >= 11 is 0. The minimum atomic E-state index is -0.768. The summed E-state index contributed by atoms with van der Waals surface area (Å²) in [7, 11) is 3.62. The highest BCUT2D eigenvalue weighted by Crippen LogP contribution is 2.30. The number of carboxylic acid groups (broad SMARTS) is 1. The molecule has 0 aromatic heterocycles. The van der Waals surface area contributed by atoms with E-state index in [0.717, 1.165) is 22.4 Å². The molecule has 0 saturated carbocycles. The van der Waals surface area contributed by atoms with Gasteiger partial charge in [0.2, 0.25) is 0 Å². The van der Waals surface area contributed by atoms with E-state index >= 15 is 0 Å². The number of ether oxygens (including phenoxy) is 1. The lowest BCUT2D eigenvalue weighted by molar-refractivity contribution is -0.137. The largest absolute Gasteiger partial charge is 0.496 e. The number of rotatable bonds is 7. The Kier molecular flexibility index (Phi) is 5.77. The third-order valence-electron chi connectivity index (χ3n) is 4.15. The van der Waals surface area contributed by atoms with E-state index < -0.39 is 5.97 Å². The molecule has 122 valence electrons. The Morgan fingerprint density at radius 3 is 2.43 bits per heavy atom. The maximum absolute atomic E-state index is 10.7. The summed E-state index contributed by atoms with van der Waals surface area (Å²) in [6, 6.07) is 16.4. The molecule has 0 aliphatic rings. The molecule has 0 radical (unpaired) electrons. The van der Waals surface area contributed by atoms with Gasteiger partial charge < -0.3 is 9.84 Å². The molecule has 4 heteroatoms. The molecule has 0 saturated heterocycles. The third kappa shape index (κ3) is 4.33. The lowest BCUT2D eigenvalue weighted by Crippen LogP contribution is -2.25. The molecular weight excluding hydrogens is 290 g/mol. The van der Waals surface area contributed by atoms with Crippen LogP contribution in [-0.2, 0) is 4.79 Å². The predicted molar refractivity (Wildman–Crippen MR) is 91.7 cm³/mol. The van der Waals surface area contributed by atoms with Crippen LogP contribution in [0.1, 0.15) is 24.9 Å². The lowest BCUT2D eigenvalue weighted by atomic mass is 10.00. The van der Waals surface area contributed by atoms with Gasteiger partial charge in [0.15, 0.2) is 0 Å². The van der Waals surface area contributed by atoms with E-state index in [1.54, 1.807) is 7.11 Å². The molecule has 0 bridgehead atoms. The van der Waals surface area contributed by atoms with Crippen molar-refractivity contribution in [3.05, 3.63) is 54.1 Å². The van der Waals surface area contributed by atoms with Gasteiger partial charge in [-0.05, 0) is 31.2 Å². The summed E-state index contributed by atoms with van der Waals surface area (Å²) in [4.78, 5) is 12.7. The number of carboxylic acids is 1. The molecule has 2 aromatic rings. The zero-order valence-electron chi connectivity index (χ0n) is 13.8. The minimum Gasteiger partial charge on any atom is -0.496 e. The van der Waals surface area contributed by atoms with Crippen molar-refractivity contribution in [2.24, 2.45) is 0 Å². The monoisotopic (exact) mass is 313 g/mol. The second kappa shape index (κ2) is 7.79. The Labute approximate surface area is 137 Å². The standard InChI is InChI=1S/C19H23NO3/c1-14(20(2)13-12-19(21)22)15-8-10-16(11-9-15)17-6-4-5-7-18(17)23-3/h4-11,14H,12-13H2,1-3H3,(H,21,22). The van der Waals surface area contributed by atoms with Crippen LogP contribution >= 0.6 is 0 Å².